The van der Waals surface area contributed by atoms with E-state index in [1.807, 2.05) is 19.1 Å². The van der Waals surface area contributed by atoms with Gasteiger partial charge < -0.3 is 53.1 Å². The van der Waals surface area contributed by atoms with Crippen molar-refractivity contribution in [2.75, 3.05) is 138 Å². The maximum Gasteiger partial charge on any atom is 0.297 e. The molecule has 14 nitrogen and oxygen atoms in total. The van der Waals surface area contributed by atoms with Gasteiger partial charge in [-0.1, -0.05) is 17.7 Å². The van der Waals surface area contributed by atoms with E-state index in [-0.39, 0.29) is 18.1 Å². The van der Waals surface area contributed by atoms with Gasteiger partial charge in [0, 0.05) is 5.69 Å². The van der Waals surface area contributed by atoms with Crippen LogP contribution in [0.2, 0.25) is 0 Å². The van der Waals surface area contributed by atoms with Crippen LogP contribution in [0.5, 0.6) is 5.75 Å². The predicted molar refractivity (Wildman–Crippen MR) is 178 cm³/mol. The van der Waals surface area contributed by atoms with Crippen LogP contribution in [0, 0.1) is 6.92 Å². The molecule has 0 aliphatic heterocycles. The zero-order chi connectivity index (χ0) is 34.4. The number of rotatable bonds is 33. The predicted octanol–water partition coefficient (Wildman–Crippen LogP) is 2.51. The van der Waals surface area contributed by atoms with Crippen molar-refractivity contribution in [1.82, 2.24) is 0 Å². The van der Waals surface area contributed by atoms with E-state index in [0.717, 1.165) is 11.3 Å². The lowest BCUT2D eigenvalue weighted by Crippen LogP contribution is -2.16. The lowest BCUT2D eigenvalue weighted by molar-refractivity contribution is -0.0257. The molecule has 2 rings (SSSR count). The topological polar surface area (TPSA) is 162 Å². The van der Waals surface area contributed by atoms with E-state index >= 15 is 0 Å². The van der Waals surface area contributed by atoms with E-state index in [0.29, 0.717) is 125 Å². The lowest BCUT2D eigenvalue weighted by atomic mass is 10.2. The molecule has 0 radical (unpaired) electrons. The Morgan fingerprint density at radius 2 is 0.750 bits per heavy atom. The summed E-state index contributed by atoms with van der Waals surface area (Å²) in [7, 11) is -3.78. The van der Waals surface area contributed by atoms with Crippen molar-refractivity contribution in [3.63, 3.8) is 0 Å². The third-order valence-corrected chi connectivity index (χ3v) is 7.45. The smallest absolute Gasteiger partial charge is 0.297 e. The fourth-order valence-corrected chi connectivity index (χ4v) is 4.51. The van der Waals surface area contributed by atoms with E-state index in [1.54, 1.807) is 24.3 Å². The molecule has 0 heterocycles. The number of hydrogen-bond donors (Lipinski definition) is 1. The Balaban J connectivity index is 1.18. The SMILES string of the molecule is Cc1ccc(S(=O)(=O)OCCOCCOCCOCCOCCOCCOCCOCCOCCOCCOc2ccc(N)cc2)cc1. The Bertz CT molecular complexity index is 1120. The number of nitrogen functional groups attached to an aromatic ring is 1. The number of benzene rings is 2. The maximum absolute atomic E-state index is 12.1. The van der Waals surface area contributed by atoms with Crippen LogP contribution in [0.3, 0.4) is 0 Å². The summed E-state index contributed by atoms with van der Waals surface area (Å²) >= 11 is 0. The second-order valence-electron chi connectivity index (χ2n) is 10.0. The molecule has 0 aliphatic carbocycles. The van der Waals surface area contributed by atoms with Gasteiger partial charge >= 0.3 is 0 Å². The zero-order valence-electron chi connectivity index (χ0n) is 28.1. The molecule has 0 unspecified atom stereocenters. The van der Waals surface area contributed by atoms with Crippen LogP contribution < -0.4 is 10.5 Å². The third-order valence-electron chi connectivity index (χ3n) is 6.13. The molecule has 0 spiro atoms. The number of ether oxygens (including phenoxy) is 10. The van der Waals surface area contributed by atoms with Gasteiger partial charge in [0.1, 0.15) is 12.4 Å². The number of anilines is 1. The highest BCUT2D eigenvalue weighted by Gasteiger charge is 2.14. The summed E-state index contributed by atoms with van der Waals surface area (Å²) in [5, 5.41) is 0. The van der Waals surface area contributed by atoms with Gasteiger partial charge in [-0.25, -0.2) is 0 Å². The number of aryl methyl sites for hydroxylation is 1. The van der Waals surface area contributed by atoms with Gasteiger partial charge in [-0.05, 0) is 43.3 Å². The van der Waals surface area contributed by atoms with Gasteiger partial charge in [0.15, 0.2) is 0 Å². The molecule has 2 aromatic rings. The largest absolute Gasteiger partial charge is 0.491 e. The lowest BCUT2D eigenvalue weighted by Gasteiger charge is -2.09. The third kappa shape index (κ3) is 23.0. The molecular formula is C33H53NO13S. The standard InChI is InChI=1S/C33H53NO13S/c1-30-2-8-33(9-3-30)48(35,36)47-29-27-45-25-23-43-21-19-41-17-15-39-13-11-37-10-12-38-14-16-40-18-20-42-22-24-44-26-28-46-32-6-4-31(34)5-7-32/h2-9H,10-29,34H2,1H3. The summed E-state index contributed by atoms with van der Waals surface area (Å²) < 4.78 is 83.7. The molecule has 0 saturated carbocycles. The monoisotopic (exact) mass is 703 g/mol. The Morgan fingerprint density at radius 1 is 0.438 bits per heavy atom. The van der Waals surface area contributed by atoms with Crippen LogP contribution >= 0.6 is 0 Å². The molecule has 0 bridgehead atoms. The minimum atomic E-state index is -3.78. The van der Waals surface area contributed by atoms with Gasteiger partial charge in [0.2, 0.25) is 0 Å². The van der Waals surface area contributed by atoms with Gasteiger partial charge in [-0.3, -0.25) is 4.18 Å². The van der Waals surface area contributed by atoms with Crippen LogP contribution in [0.25, 0.3) is 0 Å². The van der Waals surface area contributed by atoms with E-state index in [2.05, 4.69) is 0 Å². The Kier molecular flexibility index (Phi) is 24.7. The molecule has 15 heteroatoms. The van der Waals surface area contributed by atoms with Gasteiger partial charge in [0.25, 0.3) is 10.1 Å². The molecule has 0 saturated heterocycles. The van der Waals surface area contributed by atoms with Crippen LogP contribution in [-0.4, -0.2) is 141 Å². The van der Waals surface area contributed by atoms with E-state index in [9.17, 15) is 8.42 Å². The summed E-state index contributed by atoms with van der Waals surface area (Å²) in [6.45, 7) is 10.3. The van der Waals surface area contributed by atoms with E-state index in [1.165, 1.54) is 12.1 Å². The van der Waals surface area contributed by atoms with Crippen molar-refractivity contribution in [3.05, 3.63) is 54.1 Å². The fraction of sp³-hybridized carbons (Fsp3) is 0.636. The normalized spacial score (nSPS) is 11.7. The molecule has 48 heavy (non-hydrogen) atoms. The van der Waals surface area contributed by atoms with Crippen molar-refractivity contribution in [2.24, 2.45) is 0 Å². The van der Waals surface area contributed by atoms with Gasteiger partial charge in [-0.15, -0.1) is 0 Å². The highest BCUT2D eigenvalue weighted by molar-refractivity contribution is 7.86. The summed E-state index contributed by atoms with van der Waals surface area (Å²) in [6.07, 6.45) is 0. The fourth-order valence-electron chi connectivity index (χ4n) is 3.62. The highest BCUT2D eigenvalue weighted by atomic mass is 32.2. The first-order valence-electron chi connectivity index (χ1n) is 16.1. The minimum Gasteiger partial charge on any atom is -0.491 e. The summed E-state index contributed by atoms with van der Waals surface area (Å²) in [6, 6.07) is 13.7. The second kappa shape index (κ2) is 28.4. The van der Waals surface area contributed by atoms with Crippen LogP contribution in [0.15, 0.2) is 53.4 Å². The van der Waals surface area contributed by atoms with Gasteiger partial charge in [0.05, 0.1) is 130 Å². The molecular weight excluding hydrogens is 650 g/mol. The Hall–Kier alpha value is -2.41. The van der Waals surface area contributed by atoms with Gasteiger partial charge in [-0.2, -0.15) is 8.42 Å². The molecule has 0 amide bonds. The summed E-state index contributed by atoms with van der Waals surface area (Å²) in [5.41, 5.74) is 7.32. The van der Waals surface area contributed by atoms with Crippen LogP contribution in [0.4, 0.5) is 5.69 Å². The van der Waals surface area contributed by atoms with Crippen molar-refractivity contribution in [1.29, 1.82) is 0 Å². The molecule has 0 aliphatic rings. The highest BCUT2D eigenvalue weighted by Crippen LogP contribution is 2.13. The first kappa shape index (κ1) is 41.8. The molecule has 0 atom stereocenters. The number of nitrogens with two attached hydrogens (primary N) is 1. The second-order valence-corrected chi connectivity index (χ2v) is 11.6. The van der Waals surface area contributed by atoms with Crippen LogP contribution in [0.1, 0.15) is 5.56 Å². The van der Waals surface area contributed by atoms with Crippen LogP contribution in [-0.2, 0) is 56.9 Å². The summed E-state index contributed by atoms with van der Waals surface area (Å²) in [5.74, 6) is 0.764. The molecule has 0 aromatic heterocycles. The minimum absolute atomic E-state index is 0.0607. The molecule has 2 aromatic carbocycles. The van der Waals surface area contributed by atoms with Crippen molar-refractivity contribution < 1.29 is 60.0 Å². The van der Waals surface area contributed by atoms with Crippen molar-refractivity contribution in [3.8, 4) is 5.75 Å². The first-order valence-corrected chi connectivity index (χ1v) is 17.5. The summed E-state index contributed by atoms with van der Waals surface area (Å²) in [4.78, 5) is 0.127. The average molecular weight is 704 g/mol. The molecule has 274 valence electrons. The van der Waals surface area contributed by atoms with E-state index in [4.69, 9.17) is 57.3 Å². The quantitative estimate of drug-likeness (QED) is 0.0656. The Morgan fingerprint density at radius 3 is 1.10 bits per heavy atom. The molecule has 0 fully saturated rings. The molecule has 2 N–H and O–H groups in total. The first-order chi connectivity index (χ1) is 23.5. The van der Waals surface area contributed by atoms with Crippen molar-refractivity contribution in [2.45, 2.75) is 11.8 Å². The maximum atomic E-state index is 12.1. The van der Waals surface area contributed by atoms with E-state index < -0.39 is 10.1 Å². The average Bonchev–Trinajstić information content (AvgIpc) is 3.08. The van der Waals surface area contributed by atoms with Crippen molar-refractivity contribution >= 4 is 15.8 Å². The number of hydrogen-bond acceptors (Lipinski definition) is 14. The zero-order valence-corrected chi connectivity index (χ0v) is 28.9. The Labute approximate surface area is 285 Å².